The first kappa shape index (κ1) is 24.2. The van der Waals surface area contributed by atoms with Gasteiger partial charge in [0.05, 0.1) is 24.2 Å². The Bertz CT molecular complexity index is 1890. The fourth-order valence-corrected chi connectivity index (χ4v) is 6.23. The van der Waals surface area contributed by atoms with Crippen LogP contribution in [0.5, 0.6) is 23.0 Å². The first-order valence-corrected chi connectivity index (χ1v) is 14.3. The Balaban J connectivity index is 1.12. The summed E-state index contributed by atoms with van der Waals surface area (Å²) in [4.78, 5) is 17.8. The molecule has 0 saturated carbocycles. The molecule has 5 aromatic rings. The highest BCUT2D eigenvalue weighted by molar-refractivity contribution is 6.98. The molecule has 8 nitrogen and oxygen atoms in total. The number of fused-ring (bicyclic) bond motifs is 4. The van der Waals surface area contributed by atoms with Crippen molar-refractivity contribution in [2.24, 2.45) is 9.98 Å². The van der Waals surface area contributed by atoms with E-state index in [1.165, 1.54) is 0 Å². The van der Waals surface area contributed by atoms with Crippen molar-refractivity contribution in [2.75, 3.05) is 26.3 Å². The minimum Gasteiger partial charge on any atom is -0.475 e. The number of ether oxygens (including phenoxy) is 4. The van der Waals surface area contributed by atoms with E-state index in [0.29, 0.717) is 38.1 Å². The molecule has 9 heteroatoms. The third-order valence-electron chi connectivity index (χ3n) is 8.21. The van der Waals surface area contributed by atoms with Gasteiger partial charge in [0.1, 0.15) is 36.2 Å². The Hall–Kier alpha value is -5.44. The maximum atomic E-state index is 6.51. The van der Waals surface area contributed by atoms with Crippen molar-refractivity contribution >= 4 is 34.9 Å². The predicted octanol–water partition coefficient (Wildman–Crippen LogP) is 4.09. The van der Waals surface area contributed by atoms with Crippen molar-refractivity contribution in [1.82, 2.24) is 9.97 Å². The fourth-order valence-electron chi connectivity index (χ4n) is 6.23. The second-order valence-electron chi connectivity index (χ2n) is 10.8. The van der Waals surface area contributed by atoms with Crippen LogP contribution < -0.4 is 25.9 Å². The maximum absolute atomic E-state index is 6.51. The van der Waals surface area contributed by atoms with Crippen molar-refractivity contribution in [3.05, 3.63) is 103 Å². The third kappa shape index (κ3) is 4.00. The molecule has 43 heavy (non-hydrogen) atoms. The lowest BCUT2D eigenvalue weighted by Crippen LogP contribution is -2.57. The molecule has 3 aromatic carbocycles. The average Bonchev–Trinajstić information content (AvgIpc) is 3.80. The number of pyridine rings is 2. The number of benzene rings is 3. The zero-order valence-corrected chi connectivity index (χ0v) is 23.0. The average molecular weight is 562 g/mol. The maximum Gasteiger partial charge on any atom is 0.260 e. The number of hydrogen-bond acceptors (Lipinski definition) is 8. The summed E-state index contributed by atoms with van der Waals surface area (Å²) >= 11 is 0. The van der Waals surface area contributed by atoms with Crippen molar-refractivity contribution in [1.29, 1.82) is 0 Å². The number of aromatic nitrogens is 2. The molecule has 206 valence electrons. The van der Waals surface area contributed by atoms with Crippen LogP contribution in [0.15, 0.2) is 102 Å². The predicted molar refractivity (Wildman–Crippen MR) is 165 cm³/mol. The zero-order valence-electron chi connectivity index (χ0n) is 23.0. The van der Waals surface area contributed by atoms with Crippen LogP contribution in [0.2, 0.25) is 0 Å². The van der Waals surface area contributed by atoms with Gasteiger partial charge in [-0.25, -0.2) is 9.98 Å². The molecule has 4 aliphatic heterocycles. The van der Waals surface area contributed by atoms with E-state index >= 15 is 0 Å². The molecule has 0 unspecified atom stereocenters. The SMILES string of the molecule is c1cc2c3c(c1)Oc1cc(-c4cncc(C5=NCCO5)c4)ccc1B3c1ccc(-c3cncc(C4=NCCO4)c3)cc1O2. The normalized spacial score (nSPS) is 15.6. The largest absolute Gasteiger partial charge is 0.475 e. The summed E-state index contributed by atoms with van der Waals surface area (Å²) in [5.41, 5.74) is 8.95. The van der Waals surface area contributed by atoms with E-state index in [-0.39, 0.29) is 6.71 Å². The molecular formula is C34H23BN4O4. The number of aliphatic imine (C=N–C) groups is 2. The van der Waals surface area contributed by atoms with E-state index < -0.39 is 0 Å². The van der Waals surface area contributed by atoms with Crippen molar-refractivity contribution in [3.63, 3.8) is 0 Å². The molecule has 0 amide bonds. The highest BCUT2D eigenvalue weighted by Gasteiger charge is 2.40. The standard InChI is InChI=1S/C34H23BN4O4/c1-2-28-32-29(3-1)43-31-15-21(23-13-25(19-37-17-23)34-39-9-11-41-34)5-7-27(31)35(32)26-6-4-20(14-30(26)42-28)22-12-24(18-36-16-22)33-38-8-10-40-33/h1-7,12-19H,8-11H2. The summed E-state index contributed by atoms with van der Waals surface area (Å²) in [6.45, 7) is 2.54. The van der Waals surface area contributed by atoms with Crippen LogP contribution in [0, 0.1) is 0 Å². The van der Waals surface area contributed by atoms with Gasteiger partial charge in [0.25, 0.3) is 6.71 Å². The lowest BCUT2D eigenvalue weighted by Gasteiger charge is -2.33. The molecule has 0 bridgehead atoms. The van der Waals surface area contributed by atoms with E-state index in [1.807, 2.05) is 30.6 Å². The molecule has 4 aliphatic rings. The van der Waals surface area contributed by atoms with E-state index in [1.54, 1.807) is 12.4 Å². The first-order valence-electron chi connectivity index (χ1n) is 14.3. The number of nitrogens with zero attached hydrogens (tertiary/aromatic N) is 4. The van der Waals surface area contributed by atoms with Gasteiger partial charge in [0.15, 0.2) is 0 Å². The van der Waals surface area contributed by atoms with Crippen LogP contribution in [0.25, 0.3) is 22.3 Å². The molecular weight excluding hydrogens is 539 g/mol. The van der Waals surface area contributed by atoms with Crippen LogP contribution in [-0.4, -0.2) is 54.8 Å². The van der Waals surface area contributed by atoms with Crippen LogP contribution in [-0.2, 0) is 9.47 Å². The fraction of sp³-hybridized carbons (Fsp3) is 0.118. The molecule has 0 saturated heterocycles. The molecule has 9 rings (SSSR count). The molecule has 0 N–H and O–H groups in total. The van der Waals surface area contributed by atoms with E-state index in [0.717, 1.165) is 72.8 Å². The lowest BCUT2D eigenvalue weighted by atomic mass is 9.35. The smallest absolute Gasteiger partial charge is 0.260 e. The quantitative estimate of drug-likeness (QED) is 0.301. The van der Waals surface area contributed by atoms with Gasteiger partial charge in [-0.05, 0) is 58.5 Å². The van der Waals surface area contributed by atoms with Crippen molar-refractivity contribution in [3.8, 4) is 45.3 Å². The molecule has 0 spiro atoms. The minimum absolute atomic E-state index is 0.0294. The van der Waals surface area contributed by atoms with Gasteiger partial charge in [0.2, 0.25) is 11.8 Å². The summed E-state index contributed by atoms with van der Waals surface area (Å²) < 4.78 is 24.3. The Morgan fingerprint density at radius 3 is 1.51 bits per heavy atom. The minimum atomic E-state index is -0.0294. The third-order valence-corrected chi connectivity index (χ3v) is 8.21. The monoisotopic (exact) mass is 562 g/mol. The van der Waals surface area contributed by atoms with Crippen LogP contribution in [0.1, 0.15) is 11.1 Å². The Kier molecular flexibility index (Phi) is 5.38. The summed E-state index contributed by atoms with van der Waals surface area (Å²) in [5.74, 6) is 4.53. The summed E-state index contributed by atoms with van der Waals surface area (Å²) in [6, 6.07) is 22.9. The lowest BCUT2D eigenvalue weighted by molar-refractivity contribution is 0.348. The van der Waals surface area contributed by atoms with E-state index in [2.05, 4.69) is 68.5 Å². The van der Waals surface area contributed by atoms with Gasteiger partial charge in [-0.3, -0.25) is 9.97 Å². The molecule has 0 fully saturated rings. The van der Waals surface area contributed by atoms with E-state index in [4.69, 9.17) is 18.9 Å². The van der Waals surface area contributed by atoms with Crippen LogP contribution >= 0.6 is 0 Å². The highest BCUT2D eigenvalue weighted by atomic mass is 16.5. The summed E-state index contributed by atoms with van der Waals surface area (Å²) in [7, 11) is 0. The van der Waals surface area contributed by atoms with Gasteiger partial charge in [-0.15, -0.1) is 0 Å². The molecule has 0 atom stereocenters. The Labute approximate surface area is 247 Å². The van der Waals surface area contributed by atoms with Gasteiger partial charge >= 0.3 is 0 Å². The van der Waals surface area contributed by atoms with Crippen LogP contribution in [0.4, 0.5) is 0 Å². The van der Waals surface area contributed by atoms with Crippen LogP contribution in [0.3, 0.4) is 0 Å². The topological polar surface area (TPSA) is 87.4 Å². The number of rotatable bonds is 4. The second-order valence-corrected chi connectivity index (χ2v) is 10.8. The number of hydrogen-bond donors (Lipinski definition) is 0. The van der Waals surface area contributed by atoms with E-state index in [9.17, 15) is 0 Å². The van der Waals surface area contributed by atoms with Crippen molar-refractivity contribution < 1.29 is 18.9 Å². The zero-order chi connectivity index (χ0) is 28.3. The first-order chi connectivity index (χ1) is 21.3. The van der Waals surface area contributed by atoms with Gasteiger partial charge < -0.3 is 18.9 Å². The highest BCUT2D eigenvalue weighted by Crippen LogP contribution is 2.37. The molecule has 2 aromatic heterocycles. The Morgan fingerprint density at radius 2 is 1.02 bits per heavy atom. The van der Waals surface area contributed by atoms with Gasteiger partial charge in [0, 0.05) is 41.4 Å². The molecule has 6 heterocycles. The van der Waals surface area contributed by atoms with Gasteiger partial charge in [-0.2, -0.15) is 0 Å². The summed E-state index contributed by atoms with van der Waals surface area (Å²) in [5, 5.41) is 0. The molecule has 0 aliphatic carbocycles. The second kappa shape index (κ2) is 9.56. The summed E-state index contributed by atoms with van der Waals surface area (Å²) in [6.07, 6.45) is 7.29. The molecule has 0 radical (unpaired) electrons. The Morgan fingerprint density at radius 1 is 0.512 bits per heavy atom. The van der Waals surface area contributed by atoms with Gasteiger partial charge in [-0.1, -0.05) is 30.3 Å². The van der Waals surface area contributed by atoms with Crippen molar-refractivity contribution in [2.45, 2.75) is 0 Å².